The van der Waals surface area contributed by atoms with Crippen molar-refractivity contribution in [2.24, 2.45) is 11.7 Å². The average molecular weight is 333 g/mol. The lowest BCUT2D eigenvalue weighted by Crippen LogP contribution is -2.48. The van der Waals surface area contributed by atoms with E-state index < -0.39 is 10.0 Å². The highest BCUT2D eigenvalue weighted by Gasteiger charge is 2.31. The molecule has 0 radical (unpaired) electrons. The Morgan fingerprint density at radius 3 is 2.72 bits per heavy atom. The fourth-order valence-corrected chi connectivity index (χ4v) is 4.54. The Morgan fingerprint density at radius 2 is 2.11 bits per heavy atom. The van der Waals surface area contributed by atoms with Crippen LogP contribution in [0.4, 0.5) is 0 Å². The van der Waals surface area contributed by atoms with E-state index in [1.165, 1.54) is 4.31 Å². The van der Waals surface area contributed by atoms with E-state index in [4.69, 9.17) is 5.73 Å². The molecule has 18 heavy (non-hydrogen) atoms. The first kappa shape index (κ1) is 14.0. The van der Waals surface area contributed by atoms with Crippen LogP contribution in [-0.2, 0) is 10.0 Å². The van der Waals surface area contributed by atoms with Gasteiger partial charge in [0.15, 0.2) is 0 Å². The van der Waals surface area contributed by atoms with Crippen molar-refractivity contribution in [3.8, 4) is 0 Å². The van der Waals surface area contributed by atoms with Gasteiger partial charge in [0, 0.05) is 23.6 Å². The van der Waals surface area contributed by atoms with Crippen molar-refractivity contribution in [3.63, 3.8) is 0 Å². The second-order valence-corrected chi connectivity index (χ2v) is 7.73. The molecule has 0 bridgehead atoms. The number of benzene rings is 1. The number of sulfonamides is 1. The summed E-state index contributed by atoms with van der Waals surface area (Å²) in [6.45, 7) is 2.98. The van der Waals surface area contributed by atoms with E-state index in [9.17, 15) is 8.42 Å². The van der Waals surface area contributed by atoms with Gasteiger partial charge in [-0.05, 0) is 30.5 Å². The molecular formula is C12H17BrN2O2S. The van der Waals surface area contributed by atoms with Gasteiger partial charge in [-0.3, -0.25) is 0 Å². The number of nitrogens with zero attached hydrogens (tertiary/aromatic N) is 1. The molecule has 0 aromatic heterocycles. The van der Waals surface area contributed by atoms with Gasteiger partial charge in [0.25, 0.3) is 0 Å². The number of hydrogen-bond donors (Lipinski definition) is 1. The minimum absolute atomic E-state index is 0.0734. The van der Waals surface area contributed by atoms with Crippen molar-refractivity contribution in [3.05, 3.63) is 28.7 Å². The Labute approximate surface area is 116 Å². The fourth-order valence-electron chi connectivity index (χ4n) is 2.32. The van der Waals surface area contributed by atoms with Crippen molar-refractivity contribution in [2.75, 3.05) is 13.1 Å². The topological polar surface area (TPSA) is 63.4 Å². The second-order valence-electron chi connectivity index (χ2n) is 4.88. The zero-order valence-electron chi connectivity index (χ0n) is 10.2. The molecule has 1 aliphatic rings. The minimum atomic E-state index is -3.43. The maximum atomic E-state index is 12.5. The summed E-state index contributed by atoms with van der Waals surface area (Å²) in [4.78, 5) is 0.318. The Morgan fingerprint density at radius 1 is 1.39 bits per heavy atom. The van der Waals surface area contributed by atoms with Crippen LogP contribution in [0.25, 0.3) is 0 Å². The zero-order chi connectivity index (χ0) is 13.3. The Kier molecular flexibility index (Phi) is 4.11. The molecule has 2 unspecified atom stereocenters. The summed E-state index contributed by atoms with van der Waals surface area (Å²) >= 11 is 3.29. The number of nitrogens with two attached hydrogens (primary N) is 1. The van der Waals surface area contributed by atoms with Crippen LogP contribution in [0.15, 0.2) is 33.6 Å². The van der Waals surface area contributed by atoms with Crippen LogP contribution >= 0.6 is 15.9 Å². The lowest BCUT2D eigenvalue weighted by Gasteiger charge is -2.33. The van der Waals surface area contributed by atoms with Gasteiger partial charge >= 0.3 is 0 Å². The van der Waals surface area contributed by atoms with Gasteiger partial charge in [-0.15, -0.1) is 0 Å². The van der Waals surface area contributed by atoms with Crippen LogP contribution in [0.5, 0.6) is 0 Å². The third-order valence-electron chi connectivity index (χ3n) is 3.09. The van der Waals surface area contributed by atoms with E-state index in [2.05, 4.69) is 15.9 Å². The van der Waals surface area contributed by atoms with Gasteiger partial charge in [-0.2, -0.15) is 4.31 Å². The van der Waals surface area contributed by atoms with Crippen LogP contribution in [0.3, 0.4) is 0 Å². The summed E-state index contributed by atoms with van der Waals surface area (Å²) in [6, 6.07) is 6.70. The van der Waals surface area contributed by atoms with Gasteiger partial charge in [-0.1, -0.05) is 28.9 Å². The Balaban J connectivity index is 2.31. The van der Waals surface area contributed by atoms with Gasteiger partial charge in [0.2, 0.25) is 10.0 Å². The summed E-state index contributed by atoms with van der Waals surface area (Å²) < 4.78 is 27.2. The molecular weight excluding hydrogens is 316 g/mol. The molecule has 1 aromatic carbocycles. The molecule has 1 saturated heterocycles. The fraction of sp³-hybridized carbons (Fsp3) is 0.500. The van der Waals surface area contributed by atoms with Crippen molar-refractivity contribution in [1.82, 2.24) is 4.31 Å². The summed E-state index contributed by atoms with van der Waals surface area (Å²) in [6.07, 6.45) is 0.879. The number of piperidine rings is 1. The van der Waals surface area contributed by atoms with Gasteiger partial charge in [0.05, 0.1) is 4.90 Å². The SMILES string of the molecule is CC1CC(N)CN(S(=O)(=O)c2cccc(Br)c2)C1. The van der Waals surface area contributed by atoms with Gasteiger partial charge < -0.3 is 5.73 Å². The highest BCUT2D eigenvalue weighted by atomic mass is 79.9. The summed E-state index contributed by atoms with van der Waals surface area (Å²) in [5.74, 6) is 0.302. The van der Waals surface area contributed by atoms with E-state index in [1.54, 1.807) is 18.2 Å². The smallest absolute Gasteiger partial charge is 0.243 e. The first-order valence-electron chi connectivity index (χ1n) is 5.91. The number of hydrogen-bond acceptors (Lipinski definition) is 3. The molecule has 1 fully saturated rings. The minimum Gasteiger partial charge on any atom is -0.326 e. The Bertz CT molecular complexity index is 523. The van der Waals surface area contributed by atoms with E-state index in [-0.39, 0.29) is 6.04 Å². The van der Waals surface area contributed by atoms with E-state index in [0.717, 1.165) is 10.9 Å². The van der Waals surface area contributed by atoms with E-state index in [0.29, 0.717) is 23.9 Å². The van der Waals surface area contributed by atoms with Crippen molar-refractivity contribution < 1.29 is 8.42 Å². The van der Waals surface area contributed by atoms with Crippen LogP contribution in [0.2, 0.25) is 0 Å². The molecule has 1 aromatic rings. The normalized spacial score (nSPS) is 26.2. The second kappa shape index (κ2) is 5.28. The molecule has 0 saturated carbocycles. The van der Waals surface area contributed by atoms with Gasteiger partial charge in [0.1, 0.15) is 0 Å². The molecule has 2 rings (SSSR count). The predicted molar refractivity (Wildman–Crippen MR) is 74.7 cm³/mol. The predicted octanol–water partition coefficient (Wildman–Crippen LogP) is 1.81. The molecule has 100 valence electrons. The molecule has 1 aliphatic heterocycles. The molecule has 6 heteroatoms. The summed E-state index contributed by atoms with van der Waals surface area (Å²) in [5.41, 5.74) is 5.90. The van der Waals surface area contributed by atoms with Crippen molar-refractivity contribution in [1.29, 1.82) is 0 Å². The standard InChI is InChI=1S/C12H17BrN2O2S/c1-9-5-11(14)8-15(7-9)18(16,17)12-4-2-3-10(13)6-12/h2-4,6,9,11H,5,7-8,14H2,1H3. The van der Waals surface area contributed by atoms with E-state index >= 15 is 0 Å². The maximum Gasteiger partial charge on any atom is 0.243 e. The van der Waals surface area contributed by atoms with Crippen LogP contribution in [0.1, 0.15) is 13.3 Å². The molecule has 0 aliphatic carbocycles. The van der Waals surface area contributed by atoms with E-state index in [1.807, 2.05) is 13.0 Å². The average Bonchev–Trinajstić information content (AvgIpc) is 2.27. The summed E-state index contributed by atoms with van der Waals surface area (Å²) in [5, 5.41) is 0. The molecule has 0 spiro atoms. The largest absolute Gasteiger partial charge is 0.326 e. The third kappa shape index (κ3) is 2.93. The first-order chi connectivity index (χ1) is 8.39. The van der Waals surface area contributed by atoms with Gasteiger partial charge in [-0.25, -0.2) is 8.42 Å². The molecule has 2 N–H and O–H groups in total. The number of rotatable bonds is 2. The quantitative estimate of drug-likeness (QED) is 0.898. The summed E-state index contributed by atoms with van der Waals surface area (Å²) in [7, 11) is -3.43. The molecule has 2 atom stereocenters. The third-order valence-corrected chi connectivity index (χ3v) is 5.41. The lowest BCUT2D eigenvalue weighted by atomic mass is 9.99. The van der Waals surface area contributed by atoms with Crippen LogP contribution in [-0.4, -0.2) is 31.9 Å². The number of halogens is 1. The highest BCUT2D eigenvalue weighted by molar-refractivity contribution is 9.10. The molecule has 0 amide bonds. The first-order valence-corrected chi connectivity index (χ1v) is 8.14. The lowest BCUT2D eigenvalue weighted by molar-refractivity contribution is 0.254. The van der Waals surface area contributed by atoms with Crippen molar-refractivity contribution in [2.45, 2.75) is 24.3 Å². The zero-order valence-corrected chi connectivity index (χ0v) is 12.6. The Hall–Kier alpha value is -0.430. The highest BCUT2D eigenvalue weighted by Crippen LogP contribution is 2.24. The monoisotopic (exact) mass is 332 g/mol. The molecule has 1 heterocycles. The van der Waals surface area contributed by atoms with Crippen LogP contribution in [0, 0.1) is 5.92 Å². The molecule has 4 nitrogen and oxygen atoms in total. The maximum absolute atomic E-state index is 12.5. The van der Waals surface area contributed by atoms with Crippen molar-refractivity contribution >= 4 is 26.0 Å². The van der Waals surface area contributed by atoms with Crippen LogP contribution < -0.4 is 5.73 Å².